The van der Waals surface area contributed by atoms with E-state index in [0.717, 1.165) is 11.8 Å². The lowest BCUT2D eigenvalue weighted by Gasteiger charge is -2.39. The number of hydrogen-bond donors (Lipinski definition) is 0. The van der Waals surface area contributed by atoms with E-state index >= 15 is 0 Å². The fourth-order valence-corrected chi connectivity index (χ4v) is 1.51. The van der Waals surface area contributed by atoms with Crippen LogP contribution in [0.25, 0.3) is 0 Å². The third kappa shape index (κ3) is 1.12. The molecular weight excluding hydrogens is 114 g/mol. The van der Waals surface area contributed by atoms with Crippen LogP contribution in [0.3, 0.4) is 0 Å². The average molecular weight is 127 g/mol. The van der Waals surface area contributed by atoms with Crippen molar-refractivity contribution in [1.82, 2.24) is 0 Å². The molecule has 0 bridgehead atoms. The minimum atomic E-state index is 0.533. The third-order valence-corrected chi connectivity index (χ3v) is 2.62. The summed E-state index contributed by atoms with van der Waals surface area (Å²) in [6.07, 6.45) is 1.20. The van der Waals surface area contributed by atoms with E-state index in [4.69, 9.17) is 0 Å². The molecule has 2 nitrogen and oxygen atoms in total. The van der Waals surface area contributed by atoms with Crippen LogP contribution >= 0.6 is 0 Å². The molecule has 0 spiro atoms. The van der Waals surface area contributed by atoms with E-state index in [-0.39, 0.29) is 0 Å². The van der Waals surface area contributed by atoms with E-state index < -0.39 is 0 Å². The topological polar surface area (TPSA) is 29.4 Å². The van der Waals surface area contributed by atoms with Gasteiger partial charge in [-0.25, -0.2) is 0 Å². The second-order valence-electron chi connectivity index (χ2n) is 3.14. The van der Waals surface area contributed by atoms with Gasteiger partial charge in [-0.2, -0.15) is 4.91 Å². The lowest BCUT2D eigenvalue weighted by molar-refractivity contribution is 0.111. The summed E-state index contributed by atoms with van der Waals surface area (Å²) in [5.41, 5.74) is 0. The van der Waals surface area contributed by atoms with Gasteiger partial charge >= 0.3 is 0 Å². The van der Waals surface area contributed by atoms with Gasteiger partial charge in [0.05, 0.1) is 6.54 Å². The quantitative estimate of drug-likeness (QED) is 0.522. The summed E-state index contributed by atoms with van der Waals surface area (Å²) in [6.45, 7) is 4.96. The summed E-state index contributed by atoms with van der Waals surface area (Å²) in [7, 11) is 0. The molecule has 1 aliphatic carbocycles. The molecule has 0 amide bonds. The molecule has 52 valence electrons. The molecule has 0 aromatic carbocycles. The largest absolute Gasteiger partial charge is 0.151 e. The number of nitrogens with zero attached hydrogens (tertiary/aromatic N) is 1. The molecule has 2 heteroatoms. The molecule has 0 radical (unpaired) electrons. The van der Waals surface area contributed by atoms with Crippen LogP contribution in [0.1, 0.15) is 20.3 Å². The molecule has 3 atom stereocenters. The Morgan fingerprint density at radius 3 is 2.56 bits per heavy atom. The third-order valence-electron chi connectivity index (χ3n) is 2.62. The van der Waals surface area contributed by atoms with Gasteiger partial charge in [0, 0.05) is 0 Å². The van der Waals surface area contributed by atoms with Crippen LogP contribution in [-0.4, -0.2) is 6.54 Å². The van der Waals surface area contributed by atoms with Gasteiger partial charge in [-0.05, 0) is 24.2 Å². The van der Waals surface area contributed by atoms with Gasteiger partial charge in [0.2, 0.25) is 0 Å². The van der Waals surface area contributed by atoms with Crippen molar-refractivity contribution in [3.8, 4) is 0 Å². The van der Waals surface area contributed by atoms with Crippen molar-refractivity contribution in [2.45, 2.75) is 20.3 Å². The van der Waals surface area contributed by atoms with E-state index in [1.807, 2.05) is 0 Å². The second-order valence-corrected chi connectivity index (χ2v) is 3.14. The van der Waals surface area contributed by atoms with Gasteiger partial charge in [0.15, 0.2) is 0 Å². The molecule has 1 rings (SSSR count). The Balaban J connectivity index is 2.24. The first-order valence-electron chi connectivity index (χ1n) is 3.54. The first-order chi connectivity index (χ1) is 4.25. The molecule has 9 heavy (non-hydrogen) atoms. The highest BCUT2D eigenvalue weighted by molar-refractivity contribution is 4.84. The van der Waals surface area contributed by atoms with E-state index in [2.05, 4.69) is 19.0 Å². The molecule has 0 heterocycles. The summed E-state index contributed by atoms with van der Waals surface area (Å²) in [5.74, 6) is 2.14. The highest BCUT2D eigenvalue weighted by atomic mass is 16.3. The van der Waals surface area contributed by atoms with Crippen molar-refractivity contribution in [3.05, 3.63) is 4.91 Å². The predicted octanol–water partition coefficient (Wildman–Crippen LogP) is 2.04. The van der Waals surface area contributed by atoms with Gasteiger partial charge in [-0.15, -0.1) is 0 Å². The van der Waals surface area contributed by atoms with Crippen molar-refractivity contribution >= 4 is 0 Å². The Bertz CT molecular complexity index is 113. The van der Waals surface area contributed by atoms with E-state index in [1.54, 1.807) is 0 Å². The number of hydrogen-bond acceptors (Lipinski definition) is 2. The first kappa shape index (κ1) is 6.72. The van der Waals surface area contributed by atoms with Crippen LogP contribution in [0, 0.1) is 22.7 Å². The van der Waals surface area contributed by atoms with Gasteiger partial charge in [0.25, 0.3) is 0 Å². The van der Waals surface area contributed by atoms with E-state index in [1.165, 1.54) is 6.42 Å². The maximum Gasteiger partial charge on any atom is 0.0842 e. The van der Waals surface area contributed by atoms with Crippen LogP contribution in [-0.2, 0) is 0 Å². The summed E-state index contributed by atoms with van der Waals surface area (Å²) < 4.78 is 0. The van der Waals surface area contributed by atoms with Gasteiger partial charge in [-0.1, -0.05) is 19.0 Å². The van der Waals surface area contributed by atoms with Crippen LogP contribution in [0.4, 0.5) is 0 Å². The SMILES string of the molecule is CC1CC(CN=O)C1C. The fourth-order valence-electron chi connectivity index (χ4n) is 1.51. The molecule has 1 fully saturated rings. The Morgan fingerprint density at radius 1 is 1.56 bits per heavy atom. The normalized spacial score (nSPS) is 41.8. The smallest absolute Gasteiger partial charge is 0.0842 e. The maximum atomic E-state index is 9.81. The fraction of sp³-hybridized carbons (Fsp3) is 1.00. The van der Waals surface area contributed by atoms with Crippen molar-refractivity contribution in [2.24, 2.45) is 22.9 Å². The van der Waals surface area contributed by atoms with Crippen molar-refractivity contribution < 1.29 is 0 Å². The number of rotatable bonds is 2. The molecule has 0 aromatic rings. The number of nitroso groups, excluding NO2 is 1. The van der Waals surface area contributed by atoms with Crippen LogP contribution in [0.5, 0.6) is 0 Å². The maximum absolute atomic E-state index is 9.81. The van der Waals surface area contributed by atoms with Crippen LogP contribution < -0.4 is 0 Å². The highest BCUT2D eigenvalue weighted by Gasteiger charge is 2.33. The zero-order chi connectivity index (χ0) is 6.85. The van der Waals surface area contributed by atoms with Crippen LogP contribution in [0.2, 0.25) is 0 Å². The van der Waals surface area contributed by atoms with E-state index in [9.17, 15) is 4.91 Å². The lowest BCUT2D eigenvalue weighted by atomic mass is 9.67. The second kappa shape index (κ2) is 2.46. The zero-order valence-corrected chi connectivity index (χ0v) is 6.00. The Morgan fingerprint density at radius 2 is 2.22 bits per heavy atom. The Kier molecular flexibility index (Phi) is 1.84. The predicted molar refractivity (Wildman–Crippen MR) is 37.1 cm³/mol. The monoisotopic (exact) mass is 127 g/mol. The zero-order valence-electron chi connectivity index (χ0n) is 6.00. The molecule has 0 aromatic heterocycles. The standard InChI is InChI=1S/C7H13NO/c1-5-3-7(4-8-9)6(5)2/h5-7H,3-4H2,1-2H3. The lowest BCUT2D eigenvalue weighted by Crippen LogP contribution is -2.34. The first-order valence-corrected chi connectivity index (χ1v) is 3.54. The summed E-state index contributed by atoms with van der Waals surface area (Å²) >= 11 is 0. The highest BCUT2D eigenvalue weighted by Crippen LogP contribution is 2.39. The Labute approximate surface area is 55.6 Å². The van der Waals surface area contributed by atoms with Crippen molar-refractivity contribution in [1.29, 1.82) is 0 Å². The Hall–Kier alpha value is -0.400. The summed E-state index contributed by atoms with van der Waals surface area (Å²) in [6, 6.07) is 0. The average Bonchev–Trinajstić information content (AvgIpc) is 1.88. The molecule has 0 saturated heterocycles. The van der Waals surface area contributed by atoms with Gasteiger partial charge in [0.1, 0.15) is 0 Å². The molecule has 1 aliphatic rings. The van der Waals surface area contributed by atoms with Gasteiger partial charge in [-0.3, -0.25) is 0 Å². The summed E-state index contributed by atoms with van der Waals surface area (Å²) in [4.78, 5) is 9.81. The molecule has 3 unspecified atom stereocenters. The van der Waals surface area contributed by atoms with E-state index in [0.29, 0.717) is 12.5 Å². The minimum Gasteiger partial charge on any atom is -0.151 e. The molecule has 1 saturated carbocycles. The molecule has 0 N–H and O–H groups in total. The molecule has 0 aliphatic heterocycles. The summed E-state index contributed by atoms with van der Waals surface area (Å²) in [5, 5.41) is 2.89. The van der Waals surface area contributed by atoms with Crippen LogP contribution in [0.15, 0.2) is 5.18 Å². The van der Waals surface area contributed by atoms with Gasteiger partial charge < -0.3 is 0 Å². The van der Waals surface area contributed by atoms with Crippen molar-refractivity contribution in [3.63, 3.8) is 0 Å². The van der Waals surface area contributed by atoms with Crippen molar-refractivity contribution in [2.75, 3.05) is 6.54 Å². The minimum absolute atomic E-state index is 0.533. The molecular formula is C7H13NO.